The molecule has 90 valence electrons. The summed E-state index contributed by atoms with van der Waals surface area (Å²) in [4.78, 5) is 0. The molecule has 1 aromatic rings. The van der Waals surface area contributed by atoms with E-state index in [0.717, 1.165) is 13.0 Å². The van der Waals surface area contributed by atoms with Crippen LogP contribution in [0.1, 0.15) is 31.7 Å². The summed E-state index contributed by atoms with van der Waals surface area (Å²) >= 11 is 3.11. The van der Waals surface area contributed by atoms with Crippen LogP contribution in [0.3, 0.4) is 0 Å². The molecule has 1 aromatic carbocycles. The van der Waals surface area contributed by atoms with Crippen molar-refractivity contribution in [1.29, 1.82) is 5.26 Å². The number of rotatable bonds is 4. The summed E-state index contributed by atoms with van der Waals surface area (Å²) in [6.45, 7) is 2.97. The lowest BCUT2D eigenvalue weighted by atomic mass is 10.0. The molecule has 0 unspecified atom stereocenters. The third-order valence-corrected chi connectivity index (χ3v) is 4.34. The van der Waals surface area contributed by atoms with Crippen molar-refractivity contribution >= 4 is 21.6 Å². The average Bonchev–Trinajstić information content (AvgIpc) is 3.12. The Bertz CT molecular complexity index is 475. The van der Waals surface area contributed by atoms with E-state index < -0.39 is 0 Å². The van der Waals surface area contributed by atoms with Crippen molar-refractivity contribution in [2.75, 3.05) is 11.9 Å². The van der Waals surface area contributed by atoms with Gasteiger partial charge in [-0.3, -0.25) is 0 Å². The first kappa shape index (κ1) is 12.4. The number of nitrogens with one attached hydrogen (secondary N) is 1. The molecule has 0 saturated heterocycles. The Morgan fingerprint density at radius 1 is 1.53 bits per heavy atom. The van der Waals surface area contributed by atoms with Gasteiger partial charge in [0.2, 0.25) is 0 Å². The van der Waals surface area contributed by atoms with Gasteiger partial charge in [0.25, 0.3) is 0 Å². The molecule has 1 N–H and O–H groups in total. The molecule has 0 heterocycles. The van der Waals surface area contributed by atoms with Crippen LogP contribution in [-0.4, -0.2) is 6.54 Å². The Hall–Kier alpha value is -1.08. The first-order chi connectivity index (χ1) is 8.12. The summed E-state index contributed by atoms with van der Waals surface area (Å²) in [6, 6.07) is 5.20. The van der Waals surface area contributed by atoms with Gasteiger partial charge in [-0.1, -0.05) is 6.92 Å². The van der Waals surface area contributed by atoms with Crippen LogP contribution in [0.15, 0.2) is 16.6 Å². The van der Waals surface area contributed by atoms with Crippen LogP contribution in [0, 0.1) is 22.6 Å². The van der Waals surface area contributed by atoms with E-state index >= 15 is 0 Å². The third kappa shape index (κ3) is 2.44. The molecular formula is C13H14BrFN2. The first-order valence-corrected chi connectivity index (χ1v) is 6.53. The summed E-state index contributed by atoms with van der Waals surface area (Å²) < 4.78 is 14.1. The standard InChI is InChI=1S/C13H14BrFN2/c1-2-13(5-6-13)8-17-10-4-3-9(7-16)11(14)12(10)15/h3-4,17H,2,5-6,8H2,1H3. The van der Waals surface area contributed by atoms with Gasteiger partial charge < -0.3 is 5.32 Å². The van der Waals surface area contributed by atoms with E-state index in [9.17, 15) is 4.39 Å². The van der Waals surface area contributed by atoms with Crippen molar-refractivity contribution in [3.8, 4) is 6.07 Å². The molecule has 0 radical (unpaired) electrons. The van der Waals surface area contributed by atoms with Crippen molar-refractivity contribution < 1.29 is 4.39 Å². The summed E-state index contributed by atoms with van der Waals surface area (Å²) in [6.07, 6.45) is 3.56. The van der Waals surface area contributed by atoms with Crippen LogP contribution in [0.25, 0.3) is 0 Å². The highest BCUT2D eigenvalue weighted by Crippen LogP contribution is 2.48. The lowest BCUT2D eigenvalue weighted by Crippen LogP contribution is -2.15. The normalized spacial score (nSPS) is 16.4. The molecule has 0 spiro atoms. The maximum atomic E-state index is 13.9. The molecule has 0 atom stereocenters. The maximum absolute atomic E-state index is 13.9. The van der Waals surface area contributed by atoms with Gasteiger partial charge in [0, 0.05) is 6.54 Å². The zero-order valence-electron chi connectivity index (χ0n) is 9.69. The van der Waals surface area contributed by atoms with Gasteiger partial charge in [0.1, 0.15) is 6.07 Å². The number of benzene rings is 1. The van der Waals surface area contributed by atoms with Crippen molar-refractivity contribution in [3.05, 3.63) is 28.0 Å². The van der Waals surface area contributed by atoms with E-state index in [0.29, 0.717) is 16.7 Å². The SMILES string of the molecule is CCC1(CNc2ccc(C#N)c(Br)c2F)CC1. The minimum Gasteiger partial charge on any atom is -0.382 e. The van der Waals surface area contributed by atoms with Gasteiger partial charge in [-0.15, -0.1) is 0 Å². The Labute approximate surface area is 109 Å². The van der Waals surface area contributed by atoms with Gasteiger partial charge in [0.15, 0.2) is 5.82 Å². The molecule has 1 aliphatic rings. The second kappa shape index (κ2) is 4.66. The molecular weight excluding hydrogens is 283 g/mol. The van der Waals surface area contributed by atoms with E-state index in [4.69, 9.17) is 5.26 Å². The van der Waals surface area contributed by atoms with Crippen molar-refractivity contribution in [2.24, 2.45) is 5.41 Å². The van der Waals surface area contributed by atoms with Gasteiger partial charge in [-0.25, -0.2) is 4.39 Å². The molecule has 0 aromatic heterocycles. The monoisotopic (exact) mass is 296 g/mol. The zero-order chi connectivity index (χ0) is 12.5. The fraction of sp³-hybridized carbons (Fsp3) is 0.462. The summed E-state index contributed by atoms with van der Waals surface area (Å²) in [5.41, 5.74) is 1.16. The first-order valence-electron chi connectivity index (χ1n) is 5.74. The summed E-state index contributed by atoms with van der Waals surface area (Å²) in [7, 11) is 0. The molecule has 0 amide bonds. The minimum absolute atomic E-state index is 0.242. The molecule has 17 heavy (non-hydrogen) atoms. The van der Waals surface area contributed by atoms with Crippen LogP contribution >= 0.6 is 15.9 Å². The van der Waals surface area contributed by atoms with Crippen LogP contribution in [0.2, 0.25) is 0 Å². The van der Waals surface area contributed by atoms with Gasteiger partial charge >= 0.3 is 0 Å². The van der Waals surface area contributed by atoms with Crippen molar-refractivity contribution in [1.82, 2.24) is 0 Å². The van der Waals surface area contributed by atoms with Crippen molar-refractivity contribution in [3.63, 3.8) is 0 Å². The molecule has 1 saturated carbocycles. The predicted octanol–water partition coefficient (Wildman–Crippen LogP) is 4.06. The molecule has 2 nitrogen and oxygen atoms in total. The van der Waals surface area contributed by atoms with E-state index in [1.807, 2.05) is 6.07 Å². The number of hydrogen-bond donors (Lipinski definition) is 1. The molecule has 4 heteroatoms. The predicted molar refractivity (Wildman–Crippen MR) is 69.3 cm³/mol. The van der Waals surface area contributed by atoms with Crippen LogP contribution in [-0.2, 0) is 0 Å². The fourth-order valence-corrected chi connectivity index (χ4v) is 2.32. The second-order valence-electron chi connectivity index (χ2n) is 4.61. The Morgan fingerprint density at radius 2 is 2.24 bits per heavy atom. The highest BCUT2D eigenvalue weighted by atomic mass is 79.9. The minimum atomic E-state index is -0.379. The molecule has 0 bridgehead atoms. The lowest BCUT2D eigenvalue weighted by Gasteiger charge is -2.15. The number of hydrogen-bond acceptors (Lipinski definition) is 2. The molecule has 1 fully saturated rings. The number of halogens is 2. The summed E-state index contributed by atoms with van der Waals surface area (Å²) in [5.74, 6) is -0.379. The number of nitrogens with zero attached hydrogens (tertiary/aromatic N) is 1. The van der Waals surface area contributed by atoms with Crippen molar-refractivity contribution in [2.45, 2.75) is 26.2 Å². The average molecular weight is 297 g/mol. The largest absolute Gasteiger partial charge is 0.382 e. The highest BCUT2D eigenvalue weighted by Gasteiger charge is 2.40. The maximum Gasteiger partial charge on any atom is 0.161 e. The van der Waals surface area contributed by atoms with Crippen LogP contribution in [0.5, 0.6) is 0 Å². The highest BCUT2D eigenvalue weighted by molar-refractivity contribution is 9.10. The van der Waals surface area contributed by atoms with Crippen LogP contribution in [0.4, 0.5) is 10.1 Å². The molecule has 2 rings (SSSR count). The van der Waals surface area contributed by atoms with Gasteiger partial charge in [-0.2, -0.15) is 5.26 Å². The summed E-state index contributed by atoms with van der Waals surface area (Å²) in [5, 5.41) is 11.9. The lowest BCUT2D eigenvalue weighted by molar-refractivity contribution is 0.518. The topological polar surface area (TPSA) is 35.8 Å². The third-order valence-electron chi connectivity index (χ3n) is 3.56. The second-order valence-corrected chi connectivity index (χ2v) is 5.40. The molecule has 0 aliphatic heterocycles. The van der Waals surface area contributed by atoms with E-state index in [1.165, 1.54) is 12.8 Å². The number of anilines is 1. The Morgan fingerprint density at radius 3 is 2.76 bits per heavy atom. The van der Waals surface area contributed by atoms with E-state index in [1.54, 1.807) is 12.1 Å². The Balaban J connectivity index is 2.12. The van der Waals surface area contributed by atoms with E-state index in [2.05, 4.69) is 28.2 Å². The van der Waals surface area contributed by atoms with Gasteiger partial charge in [-0.05, 0) is 52.7 Å². The van der Waals surface area contributed by atoms with Crippen LogP contribution < -0.4 is 5.32 Å². The molecule has 1 aliphatic carbocycles. The Kier molecular flexibility index (Phi) is 3.39. The van der Waals surface area contributed by atoms with Gasteiger partial charge in [0.05, 0.1) is 15.7 Å². The smallest absolute Gasteiger partial charge is 0.161 e. The van der Waals surface area contributed by atoms with E-state index in [-0.39, 0.29) is 10.3 Å². The quantitative estimate of drug-likeness (QED) is 0.909. The number of nitriles is 1. The zero-order valence-corrected chi connectivity index (χ0v) is 11.3. The fourth-order valence-electron chi connectivity index (χ4n) is 1.89.